The van der Waals surface area contributed by atoms with Crippen molar-refractivity contribution in [1.29, 1.82) is 0 Å². The van der Waals surface area contributed by atoms with Gasteiger partial charge in [0.1, 0.15) is 5.60 Å². The van der Waals surface area contributed by atoms with Crippen molar-refractivity contribution in [3.63, 3.8) is 0 Å². The molecule has 0 aromatic heterocycles. The van der Waals surface area contributed by atoms with Gasteiger partial charge in [-0.25, -0.2) is 9.59 Å². The molecule has 2 aromatic rings. The molecule has 4 aliphatic heterocycles. The van der Waals surface area contributed by atoms with Crippen molar-refractivity contribution in [3.8, 4) is 12.3 Å². The number of fused-ring (bicyclic) bond motifs is 2. The Morgan fingerprint density at radius 3 is 2.62 bits per heavy atom. The van der Waals surface area contributed by atoms with Crippen LogP contribution >= 0.6 is 11.6 Å². The van der Waals surface area contributed by atoms with Crippen LogP contribution in [0, 0.1) is 18.3 Å². The van der Waals surface area contributed by atoms with Gasteiger partial charge in [0.15, 0.2) is 6.10 Å². The average molecular weight is 677 g/mol. The van der Waals surface area contributed by atoms with Gasteiger partial charge in [0.2, 0.25) is 0 Å². The van der Waals surface area contributed by atoms with Gasteiger partial charge in [0, 0.05) is 82.2 Å². The number of carbonyl (C=O) groups excluding carboxylic acids is 3. The van der Waals surface area contributed by atoms with Gasteiger partial charge in [-0.1, -0.05) is 49.1 Å². The highest BCUT2D eigenvalue weighted by Crippen LogP contribution is 2.43. The number of amides is 3. The molecule has 1 spiro atoms. The monoisotopic (exact) mass is 676 g/mol. The number of nitrogens with two attached hydrogens (primary N) is 1. The summed E-state index contributed by atoms with van der Waals surface area (Å²) in [6.45, 7) is 7.46. The Balaban J connectivity index is 1.15. The van der Waals surface area contributed by atoms with Crippen molar-refractivity contribution in [2.24, 2.45) is 5.92 Å². The topological polar surface area (TPSA) is 129 Å². The number of terminal acetylenes is 1. The second-order valence-corrected chi connectivity index (χ2v) is 13.7. The van der Waals surface area contributed by atoms with Gasteiger partial charge in [0.25, 0.3) is 5.91 Å². The predicted molar refractivity (Wildman–Crippen MR) is 185 cm³/mol. The number of hydrogen-bond donors (Lipinski definition) is 3. The molecule has 0 saturated carbocycles. The number of hydrogen-bond acceptors (Lipinski definition) is 8. The van der Waals surface area contributed by atoms with Crippen LogP contribution in [-0.2, 0) is 26.3 Å². The van der Waals surface area contributed by atoms with E-state index in [1.165, 1.54) is 12.8 Å². The van der Waals surface area contributed by atoms with E-state index >= 15 is 0 Å². The molecule has 3 fully saturated rings. The van der Waals surface area contributed by atoms with Gasteiger partial charge in [-0.2, -0.15) is 0 Å². The maximum atomic E-state index is 14.1. The number of anilines is 2. The van der Waals surface area contributed by atoms with Crippen LogP contribution in [0.25, 0.3) is 0 Å². The molecule has 6 rings (SSSR count). The number of nitrogens with zero attached hydrogens (tertiary/aromatic N) is 3. The molecule has 3 atom stereocenters. The second kappa shape index (κ2) is 14.6. The minimum absolute atomic E-state index is 0.0963. The molecule has 3 amide bonds. The third-order valence-electron chi connectivity index (χ3n) is 10.4. The zero-order valence-corrected chi connectivity index (χ0v) is 28.3. The molecule has 4 heterocycles. The molecular formula is C36H45ClN6O5. The summed E-state index contributed by atoms with van der Waals surface area (Å²) in [5, 5.41) is 6.59. The van der Waals surface area contributed by atoms with Crippen molar-refractivity contribution in [2.75, 3.05) is 63.4 Å². The Kier molecular flexibility index (Phi) is 10.3. The van der Waals surface area contributed by atoms with Crippen LogP contribution in [0.15, 0.2) is 36.4 Å². The largest absolute Gasteiger partial charge is 0.438 e. The molecular weight excluding hydrogens is 632 g/mol. The minimum Gasteiger partial charge on any atom is -0.438 e. The van der Waals surface area contributed by atoms with E-state index in [1.807, 2.05) is 24.3 Å². The average Bonchev–Trinajstić information content (AvgIpc) is 3.10. The second-order valence-electron chi connectivity index (χ2n) is 13.3. The van der Waals surface area contributed by atoms with E-state index in [0.29, 0.717) is 73.5 Å². The van der Waals surface area contributed by atoms with Crippen LogP contribution in [0.4, 0.5) is 21.0 Å². The molecule has 4 aliphatic rings. The normalized spacial score (nSPS) is 23.0. The lowest BCUT2D eigenvalue weighted by molar-refractivity contribution is -0.143. The minimum atomic E-state index is -1.09. The Morgan fingerprint density at radius 2 is 1.90 bits per heavy atom. The van der Waals surface area contributed by atoms with Crippen molar-refractivity contribution in [2.45, 2.75) is 63.2 Å². The van der Waals surface area contributed by atoms with E-state index in [9.17, 15) is 14.4 Å². The molecule has 0 bridgehead atoms. The molecule has 0 radical (unpaired) electrons. The number of piperidine rings is 2. The van der Waals surface area contributed by atoms with Gasteiger partial charge >= 0.3 is 12.2 Å². The number of likely N-dealkylation sites (tertiary alicyclic amines) is 1. The van der Waals surface area contributed by atoms with Crippen molar-refractivity contribution < 1.29 is 23.9 Å². The number of halogens is 1. The summed E-state index contributed by atoms with van der Waals surface area (Å²) >= 11 is 6.40. The van der Waals surface area contributed by atoms with E-state index in [4.69, 9.17) is 33.2 Å². The third kappa shape index (κ3) is 7.07. The first-order valence-electron chi connectivity index (χ1n) is 17.0. The summed E-state index contributed by atoms with van der Waals surface area (Å²) in [5.74, 6) is 2.95. The molecule has 0 aliphatic carbocycles. The molecule has 4 N–H and O–H groups in total. The lowest BCUT2D eigenvalue weighted by atomic mass is 9.82. The Labute approximate surface area is 287 Å². The van der Waals surface area contributed by atoms with Gasteiger partial charge in [-0.15, -0.1) is 6.42 Å². The lowest BCUT2D eigenvalue weighted by Crippen LogP contribution is -2.59. The maximum Gasteiger partial charge on any atom is 0.412 e. The van der Waals surface area contributed by atoms with Crippen LogP contribution < -0.4 is 16.4 Å². The van der Waals surface area contributed by atoms with E-state index < -0.39 is 23.9 Å². The summed E-state index contributed by atoms with van der Waals surface area (Å²) < 4.78 is 11.9. The van der Waals surface area contributed by atoms with Gasteiger partial charge in [-0.3, -0.25) is 15.0 Å². The molecule has 2 aromatic carbocycles. The van der Waals surface area contributed by atoms with Gasteiger partial charge < -0.3 is 30.3 Å². The zero-order valence-electron chi connectivity index (χ0n) is 27.5. The highest BCUT2D eigenvalue weighted by molar-refractivity contribution is 6.33. The molecule has 256 valence electrons. The quantitative estimate of drug-likeness (QED) is 0.290. The van der Waals surface area contributed by atoms with Crippen molar-refractivity contribution in [1.82, 2.24) is 20.0 Å². The number of para-hydroxylation sites is 1. The number of piperazine rings is 1. The Bertz CT molecular complexity index is 1560. The first-order valence-corrected chi connectivity index (χ1v) is 17.4. The smallest absolute Gasteiger partial charge is 0.412 e. The van der Waals surface area contributed by atoms with Crippen LogP contribution in [0.5, 0.6) is 0 Å². The molecule has 12 heteroatoms. The SMILES string of the molecule is C#Cc1cc(C[C@@H](OC(=O)N2CCC3(CC2)OC(=O)Nc2ccccc23)C(=O)N2CCN(C3CNCCC3CCC)CC2)cc(Cl)c1N. The summed E-state index contributed by atoms with van der Waals surface area (Å²) in [7, 11) is 0. The van der Waals surface area contributed by atoms with Gasteiger partial charge in [-0.05, 0) is 49.1 Å². The predicted octanol–water partition coefficient (Wildman–Crippen LogP) is 4.43. The number of ether oxygens (including phenoxy) is 2. The number of nitrogens with one attached hydrogen (secondary N) is 2. The van der Waals surface area contributed by atoms with Crippen LogP contribution in [0.3, 0.4) is 0 Å². The highest BCUT2D eigenvalue weighted by Gasteiger charge is 2.46. The number of rotatable bonds is 7. The third-order valence-corrected chi connectivity index (χ3v) is 10.7. The fraction of sp³-hybridized carbons (Fsp3) is 0.528. The summed E-state index contributed by atoms with van der Waals surface area (Å²) in [6.07, 6.45) is 7.92. The highest BCUT2D eigenvalue weighted by atomic mass is 35.5. The Hall–Kier alpha value is -3.98. The summed E-state index contributed by atoms with van der Waals surface area (Å²) in [4.78, 5) is 46.1. The van der Waals surface area contributed by atoms with E-state index in [2.05, 4.69) is 28.4 Å². The number of benzene rings is 2. The fourth-order valence-electron chi connectivity index (χ4n) is 7.79. The van der Waals surface area contributed by atoms with E-state index in [-0.39, 0.29) is 17.4 Å². The van der Waals surface area contributed by atoms with Crippen molar-refractivity contribution in [3.05, 3.63) is 58.1 Å². The molecule has 48 heavy (non-hydrogen) atoms. The first kappa shape index (κ1) is 33.9. The summed E-state index contributed by atoms with van der Waals surface area (Å²) in [5.41, 5.74) is 8.19. The molecule has 3 saturated heterocycles. The summed E-state index contributed by atoms with van der Waals surface area (Å²) in [6, 6.07) is 11.4. The first-order chi connectivity index (χ1) is 23.2. The standard InChI is InChI=1S/C36H45ClN6O5/c1-3-7-26-10-13-39-23-30(26)41-16-18-42(19-17-41)33(44)31(22-24-20-25(4-2)32(38)28(37)21-24)47-35(46)43-14-11-36(12-15-43)27-8-5-6-9-29(27)40-34(45)48-36/h2,5-6,8-9,20-21,26,30-31,39H,3,7,10-19,22-23,38H2,1H3,(H,40,45)/t26?,30?,31-/m1/s1. The zero-order chi connectivity index (χ0) is 33.8. The van der Waals surface area contributed by atoms with Gasteiger partial charge in [0.05, 0.1) is 16.4 Å². The molecule has 2 unspecified atom stereocenters. The van der Waals surface area contributed by atoms with Crippen LogP contribution in [-0.4, -0.2) is 97.3 Å². The molecule has 11 nitrogen and oxygen atoms in total. The van der Waals surface area contributed by atoms with Crippen molar-refractivity contribution >= 4 is 41.1 Å². The van der Waals surface area contributed by atoms with E-state index in [1.54, 1.807) is 21.9 Å². The number of nitrogen functional groups attached to an aromatic ring is 1. The Morgan fingerprint density at radius 1 is 1.15 bits per heavy atom. The van der Waals surface area contributed by atoms with E-state index in [0.717, 1.165) is 38.2 Å². The number of carbonyl (C=O) groups is 3. The van der Waals surface area contributed by atoms with Crippen LogP contribution in [0.2, 0.25) is 5.02 Å². The fourth-order valence-corrected chi connectivity index (χ4v) is 8.03. The van der Waals surface area contributed by atoms with Crippen LogP contribution in [0.1, 0.15) is 55.7 Å². The lowest BCUT2D eigenvalue weighted by Gasteiger charge is -2.45. The maximum absolute atomic E-state index is 14.1.